The Balaban J connectivity index is 1.83. The van der Waals surface area contributed by atoms with Gasteiger partial charge in [0, 0.05) is 25.3 Å². The van der Waals surface area contributed by atoms with Crippen LogP contribution in [0.5, 0.6) is 5.88 Å². The fraction of sp³-hybridized carbons (Fsp3) is 0.583. The van der Waals surface area contributed by atoms with Crippen LogP contribution in [0.25, 0.3) is 0 Å². The van der Waals surface area contributed by atoms with Gasteiger partial charge in [0.15, 0.2) is 0 Å². The molecule has 1 aliphatic rings. The minimum atomic E-state index is 0.460. The number of hydrogen-bond acceptors (Lipinski definition) is 4. The van der Waals surface area contributed by atoms with Gasteiger partial charge in [-0.05, 0) is 18.9 Å². The summed E-state index contributed by atoms with van der Waals surface area (Å²) in [6.45, 7) is 2.48. The molecule has 0 bridgehead atoms. The summed E-state index contributed by atoms with van der Waals surface area (Å²) in [6, 6.07) is 6.27. The Morgan fingerprint density at radius 2 is 2.50 bits per heavy atom. The molecular weight excluding hydrogens is 204 g/mol. The highest BCUT2D eigenvalue weighted by Crippen LogP contribution is 2.09. The third-order valence-corrected chi connectivity index (χ3v) is 2.72. The zero-order chi connectivity index (χ0) is 11.2. The van der Waals surface area contributed by atoms with Crippen LogP contribution in [0.2, 0.25) is 0 Å². The number of rotatable bonds is 4. The molecule has 2 heterocycles. The van der Waals surface area contributed by atoms with Crippen molar-refractivity contribution in [2.75, 3.05) is 20.3 Å². The summed E-state index contributed by atoms with van der Waals surface area (Å²) < 4.78 is 10.5. The van der Waals surface area contributed by atoms with Gasteiger partial charge in [-0.3, -0.25) is 0 Å². The minimum absolute atomic E-state index is 0.460. The average Bonchev–Trinajstić information content (AvgIpc) is 2.38. The number of pyridine rings is 1. The van der Waals surface area contributed by atoms with Crippen molar-refractivity contribution in [2.45, 2.75) is 25.4 Å². The molecule has 1 aliphatic heterocycles. The van der Waals surface area contributed by atoms with E-state index >= 15 is 0 Å². The lowest BCUT2D eigenvalue weighted by molar-refractivity contribution is 0.0698. The van der Waals surface area contributed by atoms with Crippen molar-refractivity contribution in [1.82, 2.24) is 10.3 Å². The second kappa shape index (κ2) is 5.82. The van der Waals surface area contributed by atoms with E-state index < -0.39 is 0 Å². The van der Waals surface area contributed by atoms with E-state index in [1.807, 2.05) is 18.2 Å². The Bertz CT molecular complexity index is 325. The van der Waals surface area contributed by atoms with Crippen molar-refractivity contribution in [3.8, 4) is 5.88 Å². The molecule has 1 aromatic heterocycles. The Labute approximate surface area is 96.0 Å². The van der Waals surface area contributed by atoms with E-state index in [-0.39, 0.29) is 0 Å². The van der Waals surface area contributed by atoms with Gasteiger partial charge in [0.1, 0.15) is 0 Å². The molecule has 0 spiro atoms. The van der Waals surface area contributed by atoms with Crippen LogP contribution in [0.4, 0.5) is 0 Å². The van der Waals surface area contributed by atoms with E-state index in [0.717, 1.165) is 31.9 Å². The molecule has 0 amide bonds. The molecule has 2 rings (SSSR count). The van der Waals surface area contributed by atoms with Crippen molar-refractivity contribution >= 4 is 0 Å². The fourth-order valence-electron chi connectivity index (χ4n) is 1.82. The third kappa shape index (κ3) is 3.18. The van der Waals surface area contributed by atoms with Gasteiger partial charge in [0.25, 0.3) is 0 Å². The lowest BCUT2D eigenvalue weighted by atomic mass is 10.1. The molecule has 1 N–H and O–H groups in total. The van der Waals surface area contributed by atoms with Crippen molar-refractivity contribution < 1.29 is 9.47 Å². The maximum absolute atomic E-state index is 5.41. The molecular formula is C12H18N2O2. The molecule has 16 heavy (non-hydrogen) atoms. The highest BCUT2D eigenvalue weighted by atomic mass is 16.5. The molecule has 88 valence electrons. The second-order valence-corrected chi connectivity index (χ2v) is 3.97. The summed E-state index contributed by atoms with van der Waals surface area (Å²) >= 11 is 0. The van der Waals surface area contributed by atoms with Crippen LogP contribution in [-0.4, -0.2) is 31.3 Å². The minimum Gasteiger partial charge on any atom is -0.481 e. The summed E-state index contributed by atoms with van der Waals surface area (Å²) in [7, 11) is 1.63. The predicted octanol–water partition coefficient (Wildman–Crippen LogP) is 1.36. The molecule has 4 heteroatoms. The first-order chi connectivity index (χ1) is 7.88. The fourth-order valence-corrected chi connectivity index (χ4v) is 1.82. The largest absolute Gasteiger partial charge is 0.481 e. The number of nitrogens with one attached hydrogen (secondary N) is 1. The van der Waals surface area contributed by atoms with Crippen LogP contribution >= 0.6 is 0 Å². The van der Waals surface area contributed by atoms with Gasteiger partial charge in [0.2, 0.25) is 5.88 Å². The van der Waals surface area contributed by atoms with Gasteiger partial charge in [0.05, 0.1) is 19.4 Å². The van der Waals surface area contributed by atoms with Crippen molar-refractivity contribution in [3.63, 3.8) is 0 Å². The Kier molecular flexibility index (Phi) is 4.13. The number of ether oxygens (including phenoxy) is 2. The van der Waals surface area contributed by atoms with Crippen molar-refractivity contribution in [2.24, 2.45) is 0 Å². The Morgan fingerprint density at radius 3 is 3.25 bits per heavy atom. The first kappa shape index (κ1) is 11.4. The number of methoxy groups -OCH3 is 1. The summed E-state index contributed by atoms with van der Waals surface area (Å²) in [6.07, 6.45) is 2.33. The average molecular weight is 222 g/mol. The Hall–Kier alpha value is -1.13. The van der Waals surface area contributed by atoms with E-state index in [2.05, 4.69) is 10.3 Å². The quantitative estimate of drug-likeness (QED) is 0.835. The molecule has 0 radical (unpaired) electrons. The van der Waals surface area contributed by atoms with Crippen LogP contribution in [0, 0.1) is 0 Å². The molecule has 1 fully saturated rings. The van der Waals surface area contributed by atoms with Crippen LogP contribution in [0.15, 0.2) is 18.2 Å². The molecule has 1 aromatic rings. The first-order valence-corrected chi connectivity index (χ1v) is 5.69. The van der Waals surface area contributed by atoms with Gasteiger partial charge >= 0.3 is 0 Å². The highest BCUT2D eigenvalue weighted by molar-refractivity contribution is 5.15. The van der Waals surface area contributed by atoms with E-state index in [1.165, 1.54) is 6.42 Å². The Morgan fingerprint density at radius 1 is 1.56 bits per heavy atom. The predicted molar refractivity (Wildman–Crippen MR) is 61.5 cm³/mol. The van der Waals surface area contributed by atoms with E-state index in [9.17, 15) is 0 Å². The van der Waals surface area contributed by atoms with Gasteiger partial charge < -0.3 is 14.8 Å². The number of nitrogens with zero attached hydrogens (tertiary/aromatic N) is 1. The summed E-state index contributed by atoms with van der Waals surface area (Å²) in [5, 5.41) is 3.45. The van der Waals surface area contributed by atoms with Gasteiger partial charge in [-0.2, -0.15) is 0 Å². The van der Waals surface area contributed by atoms with Crippen LogP contribution in [0.3, 0.4) is 0 Å². The van der Waals surface area contributed by atoms with E-state index in [0.29, 0.717) is 11.9 Å². The smallest absolute Gasteiger partial charge is 0.213 e. The lowest BCUT2D eigenvalue weighted by Gasteiger charge is -2.23. The number of aromatic nitrogens is 1. The monoisotopic (exact) mass is 222 g/mol. The maximum Gasteiger partial charge on any atom is 0.213 e. The lowest BCUT2D eigenvalue weighted by Crippen LogP contribution is -2.36. The van der Waals surface area contributed by atoms with E-state index in [1.54, 1.807) is 7.11 Å². The van der Waals surface area contributed by atoms with E-state index in [4.69, 9.17) is 9.47 Å². The molecule has 1 unspecified atom stereocenters. The molecule has 4 nitrogen and oxygen atoms in total. The van der Waals surface area contributed by atoms with Gasteiger partial charge in [-0.25, -0.2) is 4.98 Å². The molecule has 0 saturated carbocycles. The summed E-state index contributed by atoms with van der Waals surface area (Å²) in [5.74, 6) is 0.666. The zero-order valence-electron chi connectivity index (χ0n) is 9.61. The van der Waals surface area contributed by atoms with Crippen molar-refractivity contribution in [3.05, 3.63) is 23.9 Å². The first-order valence-electron chi connectivity index (χ1n) is 5.69. The maximum atomic E-state index is 5.41. The highest BCUT2D eigenvalue weighted by Gasteiger charge is 2.12. The third-order valence-electron chi connectivity index (χ3n) is 2.72. The summed E-state index contributed by atoms with van der Waals surface area (Å²) in [5.41, 5.74) is 1.00. The van der Waals surface area contributed by atoms with Crippen LogP contribution in [-0.2, 0) is 11.3 Å². The second-order valence-electron chi connectivity index (χ2n) is 3.97. The van der Waals surface area contributed by atoms with Crippen LogP contribution in [0.1, 0.15) is 18.5 Å². The molecule has 1 atom stereocenters. The topological polar surface area (TPSA) is 43.4 Å². The zero-order valence-corrected chi connectivity index (χ0v) is 9.61. The van der Waals surface area contributed by atoms with Gasteiger partial charge in [-0.1, -0.05) is 6.07 Å². The normalized spacial score (nSPS) is 20.7. The van der Waals surface area contributed by atoms with Gasteiger partial charge in [-0.15, -0.1) is 0 Å². The molecule has 1 saturated heterocycles. The molecule has 0 aliphatic carbocycles. The van der Waals surface area contributed by atoms with Crippen LogP contribution < -0.4 is 10.1 Å². The summed E-state index contributed by atoms with van der Waals surface area (Å²) in [4.78, 5) is 4.35. The van der Waals surface area contributed by atoms with Crippen molar-refractivity contribution in [1.29, 1.82) is 0 Å². The standard InChI is InChI=1S/C12H18N2O2/c1-15-12-6-2-4-10(14-12)8-13-11-5-3-7-16-9-11/h2,4,6,11,13H,3,5,7-9H2,1H3. The molecule has 0 aromatic carbocycles. The number of hydrogen-bond donors (Lipinski definition) is 1. The SMILES string of the molecule is COc1cccc(CNC2CCCOC2)n1.